The Balaban J connectivity index is 1.92. The van der Waals surface area contributed by atoms with Gasteiger partial charge in [0.15, 0.2) is 0 Å². The zero-order valence-electron chi connectivity index (χ0n) is 17.9. The van der Waals surface area contributed by atoms with Crippen LogP contribution in [0.1, 0.15) is 24.2 Å². The summed E-state index contributed by atoms with van der Waals surface area (Å²) in [5.41, 5.74) is 1.12. The number of methoxy groups -OCH3 is 1. The van der Waals surface area contributed by atoms with Gasteiger partial charge in [-0.25, -0.2) is 8.42 Å². The predicted octanol–water partition coefficient (Wildman–Crippen LogP) is 2.18. The van der Waals surface area contributed by atoms with Gasteiger partial charge >= 0.3 is 0 Å². The van der Waals surface area contributed by atoms with Crippen LogP contribution in [0.15, 0.2) is 58.6 Å². The van der Waals surface area contributed by atoms with Crippen molar-refractivity contribution in [1.29, 1.82) is 0 Å². The number of pyridine rings is 1. The van der Waals surface area contributed by atoms with Gasteiger partial charge in [0.1, 0.15) is 16.1 Å². The first kappa shape index (κ1) is 22.9. The molecule has 0 aliphatic carbocycles. The smallest absolute Gasteiger partial charge is 0.256 e. The summed E-state index contributed by atoms with van der Waals surface area (Å²) in [6.07, 6.45) is 4.63. The average Bonchev–Trinajstić information content (AvgIpc) is 2.78. The summed E-state index contributed by atoms with van der Waals surface area (Å²) in [7, 11) is -2.32. The summed E-state index contributed by atoms with van der Waals surface area (Å²) < 4.78 is 39.6. The standard InChI is InChI=1S/C22H27N3O5S/c1-17(2)23-21-6-4-5-11-25(21)22(26)10-8-18-7-9-19(29-3)20(16-18)31(27,28)24-12-14-30-15-13-24/h4-11,16-17H,12-15H2,1-3H3/b10-8+,23-21?. The fraction of sp³-hybridized carbons (Fsp3) is 0.364. The van der Waals surface area contributed by atoms with E-state index in [9.17, 15) is 13.2 Å². The Bertz CT molecular complexity index is 1130. The van der Waals surface area contributed by atoms with Crippen LogP contribution in [0, 0.1) is 0 Å². The fourth-order valence-corrected chi connectivity index (χ4v) is 4.76. The van der Waals surface area contributed by atoms with Gasteiger partial charge in [-0.2, -0.15) is 4.31 Å². The van der Waals surface area contributed by atoms with Crippen molar-refractivity contribution in [2.75, 3.05) is 33.4 Å². The van der Waals surface area contributed by atoms with Gasteiger partial charge in [0.25, 0.3) is 5.91 Å². The van der Waals surface area contributed by atoms with E-state index in [1.807, 2.05) is 19.9 Å². The van der Waals surface area contributed by atoms with Gasteiger partial charge in [-0.3, -0.25) is 14.4 Å². The molecule has 0 amide bonds. The summed E-state index contributed by atoms with van der Waals surface area (Å²) in [6.45, 7) is 5.16. The van der Waals surface area contributed by atoms with Gasteiger partial charge < -0.3 is 9.47 Å². The van der Waals surface area contributed by atoms with Crippen molar-refractivity contribution < 1.29 is 22.7 Å². The summed E-state index contributed by atoms with van der Waals surface area (Å²) in [5.74, 6) is -0.0289. The van der Waals surface area contributed by atoms with Crippen molar-refractivity contribution in [3.8, 4) is 5.75 Å². The van der Waals surface area contributed by atoms with Crippen molar-refractivity contribution in [1.82, 2.24) is 8.87 Å². The first-order chi connectivity index (χ1) is 14.8. The lowest BCUT2D eigenvalue weighted by molar-refractivity contribution is 0.0729. The lowest BCUT2D eigenvalue weighted by atomic mass is 10.2. The fourth-order valence-electron chi connectivity index (χ4n) is 3.16. The van der Waals surface area contributed by atoms with Crippen molar-refractivity contribution >= 4 is 22.0 Å². The van der Waals surface area contributed by atoms with Crippen molar-refractivity contribution in [3.05, 3.63) is 59.7 Å². The number of carbonyl (C=O) groups excluding carboxylic acids is 1. The lowest BCUT2D eigenvalue weighted by Gasteiger charge is -2.26. The second kappa shape index (κ2) is 10.0. The van der Waals surface area contributed by atoms with Crippen molar-refractivity contribution in [2.24, 2.45) is 4.99 Å². The molecule has 0 saturated carbocycles. The van der Waals surface area contributed by atoms with E-state index in [1.54, 1.807) is 36.5 Å². The van der Waals surface area contributed by atoms with E-state index < -0.39 is 10.0 Å². The first-order valence-electron chi connectivity index (χ1n) is 10.0. The Kier molecular flexibility index (Phi) is 7.42. The van der Waals surface area contributed by atoms with Crippen LogP contribution in [-0.4, -0.2) is 62.7 Å². The highest BCUT2D eigenvalue weighted by Gasteiger charge is 2.29. The molecule has 2 heterocycles. The van der Waals surface area contributed by atoms with Crippen LogP contribution < -0.4 is 10.2 Å². The molecular formula is C22H27N3O5S. The van der Waals surface area contributed by atoms with Gasteiger partial charge in [0, 0.05) is 31.4 Å². The van der Waals surface area contributed by atoms with E-state index in [1.165, 1.54) is 28.1 Å². The normalized spacial score (nSPS) is 16.2. The molecule has 1 aliphatic rings. The van der Waals surface area contributed by atoms with Crippen molar-refractivity contribution in [2.45, 2.75) is 24.8 Å². The zero-order chi connectivity index (χ0) is 22.4. The molecule has 0 atom stereocenters. The van der Waals surface area contributed by atoms with Crippen LogP contribution in [-0.2, 0) is 14.8 Å². The van der Waals surface area contributed by atoms with E-state index >= 15 is 0 Å². The maximum Gasteiger partial charge on any atom is 0.256 e. The van der Waals surface area contributed by atoms with E-state index in [4.69, 9.17) is 9.47 Å². The quantitative estimate of drug-likeness (QED) is 0.636. The Labute approximate surface area is 182 Å². The summed E-state index contributed by atoms with van der Waals surface area (Å²) in [4.78, 5) is 17.2. The monoisotopic (exact) mass is 445 g/mol. The molecule has 1 fully saturated rings. The van der Waals surface area contributed by atoms with Gasteiger partial charge in [0.05, 0.1) is 20.3 Å². The third-order valence-electron chi connectivity index (χ3n) is 4.66. The number of benzene rings is 1. The summed E-state index contributed by atoms with van der Waals surface area (Å²) in [5, 5.41) is 0. The highest BCUT2D eigenvalue weighted by Crippen LogP contribution is 2.28. The topological polar surface area (TPSA) is 90.2 Å². The number of hydrogen-bond donors (Lipinski definition) is 0. The summed E-state index contributed by atoms with van der Waals surface area (Å²) in [6, 6.07) is 10.2. The van der Waals surface area contributed by atoms with Crippen LogP contribution in [0.5, 0.6) is 5.75 Å². The Hall–Kier alpha value is -2.75. The number of hydrogen-bond acceptors (Lipinski definition) is 6. The minimum Gasteiger partial charge on any atom is -0.495 e. The first-order valence-corrected chi connectivity index (χ1v) is 11.5. The number of nitrogens with zero attached hydrogens (tertiary/aromatic N) is 3. The maximum atomic E-state index is 13.1. The van der Waals surface area contributed by atoms with Crippen LogP contribution in [0.25, 0.3) is 6.08 Å². The van der Waals surface area contributed by atoms with Crippen LogP contribution >= 0.6 is 0 Å². The molecule has 9 heteroatoms. The number of aromatic nitrogens is 1. The van der Waals surface area contributed by atoms with Gasteiger partial charge in [0.2, 0.25) is 10.0 Å². The lowest BCUT2D eigenvalue weighted by Crippen LogP contribution is -2.40. The van der Waals surface area contributed by atoms with E-state index in [0.717, 1.165) is 0 Å². The minimum atomic E-state index is -3.75. The Morgan fingerprint density at radius 3 is 2.61 bits per heavy atom. The molecule has 3 rings (SSSR count). The largest absolute Gasteiger partial charge is 0.495 e. The molecular weight excluding hydrogens is 418 g/mol. The molecule has 8 nitrogen and oxygen atoms in total. The number of sulfonamides is 1. The van der Waals surface area contributed by atoms with E-state index in [0.29, 0.717) is 24.3 Å². The second-order valence-electron chi connectivity index (χ2n) is 7.25. The van der Waals surface area contributed by atoms with Gasteiger partial charge in [-0.15, -0.1) is 0 Å². The molecule has 1 aromatic heterocycles. The molecule has 0 N–H and O–H groups in total. The number of rotatable bonds is 6. The van der Waals surface area contributed by atoms with E-state index in [-0.39, 0.29) is 35.7 Å². The molecule has 0 spiro atoms. The molecule has 1 aliphatic heterocycles. The predicted molar refractivity (Wildman–Crippen MR) is 117 cm³/mol. The number of carbonyl (C=O) groups is 1. The highest BCUT2D eigenvalue weighted by molar-refractivity contribution is 7.89. The molecule has 31 heavy (non-hydrogen) atoms. The van der Waals surface area contributed by atoms with Crippen molar-refractivity contribution in [3.63, 3.8) is 0 Å². The number of ether oxygens (including phenoxy) is 2. The van der Waals surface area contributed by atoms with Gasteiger partial charge in [-0.05, 0) is 49.8 Å². The zero-order valence-corrected chi connectivity index (χ0v) is 18.7. The SMILES string of the molecule is COc1ccc(/C=C/C(=O)n2ccccc2=NC(C)C)cc1S(=O)(=O)N1CCOCC1. The third-order valence-corrected chi connectivity index (χ3v) is 6.58. The molecule has 1 saturated heterocycles. The number of allylic oxidation sites excluding steroid dienone is 1. The number of morpholine rings is 1. The van der Waals surface area contributed by atoms with Crippen LogP contribution in [0.2, 0.25) is 0 Å². The summed E-state index contributed by atoms with van der Waals surface area (Å²) >= 11 is 0. The highest BCUT2D eigenvalue weighted by atomic mass is 32.2. The molecule has 1 aromatic carbocycles. The molecule has 0 unspecified atom stereocenters. The van der Waals surface area contributed by atoms with Crippen LogP contribution in [0.3, 0.4) is 0 Å². The third kappa shape index (κ3) is 5.49. The molecule has 166 valence electrons. The van der Waals surface area contributed by atoms with E-state index in [2.05, 4.69) is 4.99 Å². The second-order valence-corrected chi connectivity index (χ2v) is 9.16. The molecule has 0 radical (unpaired) electrons. The average molecular weight is 446 g/mol. The molecule has 2 aromatic rings. The molecule has 0 bridgehead atoms. The Morgan fingerprint density at radius 1 is 1.19 bits per heavy atom. The maximum absolute atomic E-state index is 13.1. The van der Waals surface area contributed by atoms with Gasteiger partial charge in [-0.1, -0.05) is 12.1 Å². The van der Waals surface area contributed by atoms with Crippen LogP contribution in [0.4, 0.5) is 0 Å². The minimum absolute atomic E-state index is 0.0416. The Morgan fingerprint density at radius 2 is 1.94 bits per heavy atom.